The molecule has 0 aliphatic carbocycles. The maximum absolute atomic E-state index is 12.4. The number of imide groups is 1. The molecule has 1 aromatic rings. The van der Waals surface area contributed by atoms with Crippen molar-refractivity contribution >= 4 is 17.5 Å². The Bertz CT molecular complexity index is 579. The number of carbonyl (C=O) groups is 2. The van der Waals surface area contributed by atoms with Crippen LogP contribution < -0.4 is 5.73 Å². The number of hydrogen-bond donors (Lipinski definition) is 1. The molecule has 1 atom stereocenters. The van der Waals surface area contributed by atoms with Crippen LogP contribution in [0, 0.1) is 0 Å². The third kappa shape index (κ3) is 1.88. The number of nitrogens with two attached hydrogens (primary N) is 1. The maximum atomic E-state index is 12.4. The highest BCUT2D eigenvalue weighted by Gasteiger charge is 2.44. The lowest BCUT2D eigenvalue weighted by Gasteiger charge is -2.29. The SMILES string of the molecule is COC1(CN2C(=O)c3ccc(N)cc3C2=O)CCOC1. The normalized spacial score (nSPS) is 25.4. The van der Waals surface area contributed by atoms with Crippen molar-refractivity contribution in [3.63, 3.8) is 0 Å². The van der Waals surface area contributed by atoms with Crippen molar-refractivity contribution in [3.8, 4) is 0 Å². The van der Waals surface area contributed by atoms with Crippen LogP contribution in [-0.4, -0.2) is 49.2 Å². The molecule has 0 bridgehead atoms. The number of rotatable bonds is 3. The molecule has 106 valence electrons. The van der Waals surface area contributed by atoms with Gasteiger partial charge in [-0.15, -0.1) is 0 Å². The van der Waals surface area contributed by atoms with Gasteiger partial charge < -0.3 is 15.2 Å². The second-order valence-electron chi connectivity index (χ2n) is 5.19. The molecule has 1 saturated heterocycles. The van der Waals surface area contributed by atoms with Crippen LogP contribution in [-0.2, 0) is 9.47 Å². The molecule has 0 spiro atoms. The van der Waals surface area contributed by atoms with Crippen molar-refractivity contribution in [3.05, 3.63) is 29.3 Å². The van der Waals surface area contributed by atoms with E-state index in [1.165, 1.54) is 4.90 Å². The van der Waals surface area contributed by atoms with Gasteiger partial charge in [-0.3, -0.25) is 14.5 Å². The highest BCUT2D eigenvalue weighted by molar-refractivity contribution is 6.21. The van der Waals surface area contributed by atoms with Crippen LogP contribution in [0.3, 0.4) is 0 Å². The molecule has 2 aliphatic heterocycles. The summed E-state index contributed by atoms with van der Waals surface area (Å²) >= 11 is 0. The Hall–Kier alpha value is -1.92. The molecule has 20 heavy (non-hydrogen) atoms. The molecule has 6 nitrogen and oxygen atoms in total. The van der Waals surface area contributed by atoms with E-state index >= 15 is 0 Å². The van der Waals surface area contributed by atoms with Gasteiger partial charge in [-0.1, -0.05) is 0 Å². The Balaban J connectivity index is 1.90. The number of fused-ring (bicyclic) bond motifs is 1. The predicted octanol–water partition coefficient (Wildman–Crippen LogP) is 0.670. The molecule has 1 fully saturated rings. The molecule has 2 aliphatic rings. The predicted molar refractivity (Wildman–Crippen MR) is 71.4 cm³/mol. The summed E-state index contributed by atoms with van der Waals surface area (Å²) < 4.78 is 10.8. The second kappa shape index (κ2) is 4.57. The number of methoxy groups -OCH3 is 1. The van der Waals surface area contributed by atoms with Gasteiger partial charge in [0.25, 0.3) is 11.8 Å². The van der Waals surface area contributed by atoms with Crippen molar-refractivity contribution in [2.75, 3.05) is 32.6 Å². The number of hydrogen-bond acceptors (Lipinski definition) is 5. The van der Waals surface area contributed by atoms with Crippen LogP contribution >= 0.6 is 0 Å². The topological polar surface area (TPSA) is 81.9 Å². The molecule has 0 radical (unpaired) electrons. The summed E-state index contributed by atoms with van der Waals surface area (Å²) in [6.45, 7) is 1.17. The third-order valence-electron chi connectivity index (χ3n) is 3.94. The number of nitrogen functional groups attached to an aromatic ring is 1. The quantitative estimate of drug-likeness (QED) is 0.648. The Labute approximate surface area is 116 Å². The van der Waals surface area contributed by atoms with E-state index in [9.17, 15) is 9.59 Å². The van der Waals surface area contributed by atoms with Crippen LogP contribution in [0.4, 0.5) is 5.69 Å². The molecule has 2 heterocycles. The van der Waals surface area contributed by atoms with Crippen molar-refractivity contribution in [1.29, 1.82) is 0 Å². The number of anilines is 1. The van der Waals surface area contributed by atoms with Crippen LogP contribution in [0.2, 0.25) is 0 Å². The highest BCUT2D eigenvalue weighted by atomic mass is 16.5. The molecule has 2 amide bonds. The van der Waals surface area contributed by atoms with Gasteiger partial charge >= 0.3 is 0 Å². The highest BCUT2D eigenvalue weighted by Crippen LogP contribution is 2.30. The molecule has 1 aromatic carbocycles. The summed E-state index contributed by atoms with van der Waals surface area (Å²) in [6, 6.07) is 4.76. The Morgan fingerprint density at radius 3 is 2.75 bits per heavy atom. The monoisotopic (exact) mass is 276 g/mol. The van der Waals surface area contributed by atoms with Crippen LogP contribution in [0.25, 0.3) is 0 Å². The average molecular weight is 276 g/mol. The minimum Gasteiger partial charge on any atom is -0.399 e. The fourth-order valence-electron chi connectivity index (χ4n) is 2.68. The second-order valence-corrected chi connectivity index (χ2v) is 5.19. The summed E-state index contributed by atoms with van der Waals surface area (Å²) in [5.74, 6) is -0.617. The van der Waals surface area contributed by atoms with Gasteiger partial charge in [-0.05, 0) is 18.2 Å². The van der Waals surface area contributed by atoms with Gasteiger partial charge in [-0.25, -0.2) is 0 Å². The Morgan fingerprint density at radius 1 is 1.35 bits per heavy atom. The standard InChI is InChI=1S/C14H16N2O4/c1-19-14(4-5-20-8-14)7-16-12(17)10-3-2-9(15)6-11(10)13(16)18/h2-3,6H,4-5,7-8,15H2,1H3. The first-order valence-electron chi connectivity index (χ1n) is 6.45. The van der Waals surface area contributed by atoms with E-state index in [0.717, 1.165) is 0 Å². The fraction of sp³-hybridized carbons (Fsp3) is 0.429. The molecular weight excluding hydrogens is 260 g/mol. The molecular formula is C14H16N2O4. The van der Waals surface area contributed by atoms with Crippen LogP contribution in [0.1, 0.15) is 27.1 Å². The zero-order valence-electron chi connectivity index (χ0n) is 11.2. The van der Waals surface area contributed by atoms with E-state index in [2.05, 4.69) is 0 Å². The van der Waals surface area contributed by atoms with E-state index < -0.39 is 5.60 Å². The van der Waals surface area contributed by atoms with E-state index in [1.807, 2.05) is 0 Å². The lowest BCUT2D eigenvalue weighted by molar-refractivity contribution is -0.0323. The van der Waals surface area contributed by atoms with Gasteiger partial charge in [-0.2, -0.15) is 0 Å². The van der Waals surface area contributed by atoms with E-state index in [0.29, 0.717) is 36.4 Å². The summed E-state index contributed by atoms with van der Waals surface area (Å²) in [5.41, 5.74) is 6.30. The lowest BCUT2D eigenvalue weighted by Crippen LogP contribution is -2.47. The molecule has 6 heteroatoms. The van der Waals surface area contributed by atoms with E-state index in [1.54, 1.807) is 25.3 Å². The smallest absolute Gasteiger partial charge is 0.261 e. The zero-order valence-corrected chi connectivity index (χ0v) is 11.2. The Kier molecular flexibility index (Phi) is 2.99. The number of ether oxygens (including phenoxy) is 2. The van der Waals surface area contributed by atoms with Gasteiger partial charge in [0, 0.05) is 25.8 Å². The van der Waals surface area contributed by atoms with Crippen molar-refractivity contribution in [2.24, 2.45) is 0 Å². The first-order chi connectivity index (χ1) is 9.56. The first-order valence-corrected chi connectivity index (χ1v) is 6.45. The summed E-state index contributed by atoms with van der Waals surface area (Å²) in [4.78, 5) is 25.9. The molecule has 0 saturated carbocycles. The number of benzene rings is 1. The lowest BCUT2D eigenvalue weighted by atomic mass is 10.0. The third-order valence-corrected chi connectivity index (χ3v) is 3.94. The van der Waals surface area contributed by atoms with Gasteiger partial charge in [0.15, 0.2) is 0 Å². The largest absolute Gasteiger partial charge is 0.399 e. The molecule has 0 aromatic heterocycles. The molecule has 2 N–H and O–H groups in total. The van der Waals surface area contributed by atoms with Crippen molar-refractivity contribution < 1.29 is 19.1 Å². The van der Waals surface area contributed by atoms with Crippen molar-refractivity contribution in [2.45, 2.75) is 12.0 Å². The van der Waals surface area contributed by atoms with Crippen LogP contribution in [0.5, 0.6) is 0 Å². The first kappa shape index (κ1) is 13.1. The van der Waals surface area contributed by atoms with Gasteiger partial charge in [0.1, 0.15) is 5.60 Å². The summed E-state index contributed by atoms with van der Waals surface area (Å²) in [7, 11) is 1.57. The van der Waals surface area contributed by atoms with Gasteiger partial charge in [0.2, 0.25) is 0 Å². The zero-order chi connectivity index (χ0) is 14.3. The maximum Gasteiger partial charge on any atom is 0.261 e. The van der Waals surface area contributed by atoms with Crippen LogP contribution in [0.15, 0.2) is 18.2 Å². The minimum atomic E-state index is -0.598. The van der Waals surface area contributed by atoms with E-state index in [4.69, 9.17) is 15.2 Å². The summed E-state index contributed by atoms with van der Waals surface area (Å²) in [5, 5.41) is 0. The fourth-order valence-corrected chi connectivity index (χ4v) is 2.68. The number of amides is 2. The van der Waals surface area contributed by atoms with E-state index in [-0.39, 0.29) is 18.4 Å². The summed E-state index contributed by atoms with van der Waals surface area (Å²) in [6.07, 6.45) is 0.666. The number of nitrogens with zero attached hydrogens (tertiary/aromatic N) is 1. The number of carbonyl (C=O) groups excluding carboxylic acids is 2. The van der Waals surface area contributed by atoms with Gasteiger partial charge in [0.05, 0.1) is 24.3 Å². The average Bonchev–Trinajstić information content (AvgIpc) is 3.00. The molecule has 3 rings (SSSR count). The van der Waals surface area contributed by atoms with Crippen molar-refractivity contribution in [1.82, 2.24) is 4.90 Å². The minimum absolute atomic E-state index is 0.204. The Morgan fingerprint density at radius 2 is 2.10 bits per heavy atom. The molecule has 1 unspecified atom stereocenters.